The third-order valence-electron chi connectivity index (χ3n) is 3.99. The van der Waals surface area contributed by atoms with Crippen molar-refractivity contribution in [1.29, 1.82) is 0 Å². The van der Waals surface area contributed by atoms with Crippen molar-refractivity contribution in [3.63, 3.8) is 0 Å². The summed E-state index contributed by atoms with van der Waals surface area (Å²) in [6.07, 6.45) is 6.71. The number of hydrogen-bond donors (Lipinski definition) is 0. The molecule has 0 aromatic carbocycles. The fraction of sp³-hybridized carbons (Fsp3) is 0.625. The molecule has 0 bridgehead atoms. The van der Waals surface area contributed by atoms with Crippen LogP contribution >= 0.6 is 0 Å². The van der Waals surface area contributed by atoms with Crippen LogP contribution in [0.5, 0.6) is 0 Å². The van der Waals surface area contributed by atoms with Gasteiger partial charge in [0.1, 0.15) is 0 Å². The van der Waals surface area contributed by atoms with Crippen molar-refractivity contribution in [1.82, 2.24) is 0 Å². The first-order valence-electron chi connectivity index (χ1n) is 6.21. The molecule has 0 heteroatoms. The Labute approximate surface area is 102 Å². The van der Waals surface area contributed by atoms with E-state index < -0.39 is 0 Å². The molecule has 0 aliphatic heterocycles. The Morgan fingerprint density at radius 3 is 1.44 bits per heavy atom. The smallest absolute Gasteiger partial charge is 0.00895 e. The molecule has 0 amide bonds. The second-order valence-electron chi connectivity index (χ2n) is 5.19. The van der Waals surface area contributed by atoms with Gasteiger partial charge in [0.2, 0.25) is 0 Å². The molecular weight excluding hydrogens is 192 g/mol. The topological polar surface area (TPSA) is 0 Å². The van der Waals surface area contributed by atoms with Gasteiger partial charge in [0.05, 0.1) is 0 Å². The van der Waals surface area contributed by atoms with Crippen molar-refractivity contribution >= 4 is 0 Å². The van der Waals surface area contributed by atoms with Crippen molar-refractivity contribution in [2.24, 2.45) is 11.3 Å². The first kappa shape index (κ1) is 15.2. The Hall–Kier alpha value is -0.780. The van der Waals surface area contributed by atoms with Gasteiger partial charge in [-0.1, -0.05) is 48.8 Å². The normalized spacial score (nSPS) is 17.6. The van der Waals surface area contributed by atoms with Crippen LogP contribution in [0.4, 0.5) is 0 Å². The van der Waals surface area contributed by atoms with E-state index in [0.29, 0.717) is 5.92 Å². The second-order valence-corrected chi connectivity index (χ2v) is 5.19. The maximum atomic E-state index is 2.34. The molecule has 0 rings (SSSR count). The molecule has 16 heavy (non-hydrogen) atoms. The fourth-order valence-corrected chi connectivity index (χ4v) is 2.43. The first-order chi connectivity index (χ1) is 7.32. The zero-order chi connectivity index (χ0) is 12.9. The summed E-state index contributed by atoms with van der Waals surface area (Å²) in [5.41, 5.74) is 4.57. The van der Waals surface area contributed by atoms with E-state index in [2.05, 4.69) is 73.6 Å². The average Bonchev–Trinajstić information content (AvgIpc) is 2.26. The Balaban J connectivity index is 5.53. The standard InChI is InChI=1S/C16H28/c1-9-12(4)15(13(5)10-2)16(7,8)14(6)11-3/h9-11,15H,1-8H3/b12-9+,13-10+,14-11+. The lowest BCUT2D eigenvalue weighted by Gasteiger charge is -2.37. The molecule has 0 aliphatic carbocycles. The summed E-state index contributed by atoms with van der Waals surface area (Å²) in [5, 5.41) is 0. The Kier molecular flexibility index (Phi) is 5.78. The van der Waals surface area contributed by atoms with E-state index in [-0.39, 0.29) is 5.41 Å². The van der Waals surface area contributed by atoms with Gasteiger partial charge in [-0.3, -0.25) is 0 Å². The SMILES string of the molecule is C/C=C(\C)C(/C(C)=C/C)C(C)(C)/C(C)=C/C. The van der Waals surface area contributed by atoms with Crippen LogP contribution in [0.3, 0.4) is 0 Å². The molecule has 0 fully saturated rings. The number of rotatable bonds is 4. The van der Waals surface area contributed by atoms with E-state index in [1.807, 2.05) is 0 Å². The third-order valence-corrected chi connectivity index (χ3v) is 3.99. The van der Waals surface area contributed by atoms with Crippen LogP contribution in [0, 0.1) is 11.3 Å². The van der Waals surface area contributed by atoms with Gasteiger partial charge in [0.15, 0.2) is 0 Å². The quantitative estimate of drug-likeness (QED) is 0.547. The minimum absolute atomic E-state index is 0.196. The summed E-state index contributed by atoms with van der Waals surface area (Å²) >= 11 is 0. The van der Waals surface area contributed by atoms with Crippen LogP contribution < -0.4 is 0 Å². The lowest BCUT2D eigenvalue weighted by molar-refractivity contribution is 0.343. The van der Waals surface area contributed by atoms with E-state index in [9.17, 15) is 0 Å². The molecule has 0 nitrogen and oxygen atoms in total. The number of hydrogen-bond acceptors (Lipinski definition) is 0. The van der Waals surface area contributed by atoms with Crippen LogP contribution in [0.1, 0.15) is 55.4 Å². The van der Waals surface area contributed by atoms with Gasteiger partial charge in [-0.05, 0) is 47.0 Å². The van der Waals surface area contributed by atoms with Crippen LogP contribution in [0.25, 0.3) is 0 Å². The highest BCUT2D eigenvalue weighted by Crippen LogP contribution is 2.42. The van der Waals surface area contributed by atoms with Crippen molar-refractivity contribution in [2.45, 2.75) is 55.4 Å². The monoisotopic (exact) mass is 220 g/mol. The molecular formula is C16H28. The zero-order valence-electron chi connectivity index (χ0n) is 12.3. The van der Waals surface area contributed by atoms with Gasteiger partial charge >= 0.3 is 0 Å². The van der Waals surface area contributed by atoms with Gasteiger partial charge < -0.3 is 0 Å². The zero-order valence-corrected chi connectivity index (χ0v) is 12.3. The fourth-order valence-electron chi connectivity index (χ4n) is 2.43. The van der Waals surface area contributed by atoms with Crippen LogP contribution in [0.15, 0.2) is 34.9 Å². The summed E-state index contributed by atoms with van der Waals surface area (Å²) in [5.74, 6) is 0.513. The number of allylic oxidation sites excluding steroid dienone is 6. The van der Waals surface area contributed by atoms with Gasteiger partial charge in [0, 0.05) is 5.92 Å². The lowest BCUT2D eigenvalue weighted by atomic mass is 9.67. The largest absolute Gasteiger partial charge is 0.0882 e. The molecule has 0 unspecified atom stereocenters. The van der Waals surface area contributed by atoms with Gasteiger partial charge in [-0.25, -0.2) is 0 Å². The highest BCUT2D eigenvalue weighted by Gasteiger charge is 2.32. The van der Waals surface area contributed by atoms with E-state index in [4.69, 9.17) is 0 Å². The van der Waals surface area contributed by atoms with Crippen molar-refractivity contribution in [2.75, 3.05) is 0 Å². The summed E-state index contributed by atoms with van der Waals surface area (Å²) in [7, 11) is 0. The molecule has 0 saturated carbocycles. The van der Waals surface area contributed by atoms with E-state index >= 15 is 0 Å². The van der Waals surface area contributed by atoms with Crippen molar-refractivity contribution < 1.29 is 0 Å². The molecule has 0 aromatic rings. The highest BCUT2D eigenvalue weighted by molar-refractivity contribution is 5.27. The molecule has 0 saturated heterocycles. The maximum Gasteiger partial charge on any atom is 0.00895 e. The lowest BCUT2D eigenvalue weighted by Crippen LogP contribution is -2.27. The highest BCUT2D eigenvalue weighted by atomic mass is 14.4. The summed E-state index contributed by atoms with van der Waals surface area (Å²) in [6.45, 7) is 17.8. The summed E-state index contributed by atoms with van der Waals surface area (Å²) in [6, 6.07) is 0. The predicted molar refractivity (Wildman–Crippen MR) is 75.6 cm³/mol. The summed E-state index contributed by atoms with van der Waals surface area (Å²) < 4.78 is 0. The van der Waals surface area contributed by atoms with Gasteiger partial charge in [0.25, 0.3) is 0 Å². The van der Waals surface area contributed by atoms with E-state index in [1.165, 1.54) is 16.7 Å². The Morgan fingerprint density at radius 1 is 0.812 bits per heavy atom. The van der Waals surface area contributed by atoms with Crippen LogP contribution in [-0.4, -0.2) is 0 Å². The average molecular weight is 220 g/mol. The van der Waals surface area contributed by atoms with E-state index in [1.54, 1.807) is 0 Å². The Bertz CT molecular complexity index is 293. The molecule has 0 aromatic heterocycles. The molecule has 92 valence electrons. The molecule has 0 N–H and O–H groups in total. The molecule has 0 radical (unpaired) electrons. The molecule has 0 aliphatic rings. The second kappa shape index (κ2) is 6.08. The van der Waals surface area contributed by atoms with Crippen molar-refractivity contribution in [3.05, 3.63) is 34.9 Å². The molecule has 0 atom stereocenters. The van der Waals surface area contributed by atoms with E-state index in [0.717, 1.165) is 0 Å². The maximum absolute atomic E-state index is 2.34. The molecule has 0 spiro atoms. The van der Waals surface area contributed by atoms with Crippen molar-refractivity contribution in [3.8, 4) is 0 Å². The molecule has 0 heterocycles. The minimum Gasteiger partial charge on any atom is -0.0882 e. The predicted octanol–water partition coefficient (Wildman–Crippen LogP) is 5.53. The minimum atomic E-state index is 0.196. The first-order valence-corrected chi connectivity index (χ1v) is 6.21. The van der Waals surface area contributed by atoms with Crippen LogP contribution in [0.2, 0.25) is 0 Å². The Morgan fingerprint density at radius 2 is 1.19 bits per heavy atom. The third kappa shape index (κ3) is 3.10. The van der Waals surface area contributed by atoms with Gasteiger partial charge in [-0.2, -0.15) is 0 Å². The summed E-state index contributed by atoms with van der Waals surface area (Å²) in [4.78, 5) is 0. The van der Waals surface area contributed by atoms with Gasteiger partial charge in [-0.15, -0.1) is 0 Å². The van der Waals surface area contributed by atoms with Crippen LogP contribution in [-0.2, 0) is 0 Å².